The summed E-state index contributed by atoms with van der Waals surface area (Å²) in [6, 6.07) is 7.81. The van der Waals surface area contributed by atoms with E-state index in [0.29, 0.717) is 21.9 Å². The van der Waals surface area contributed by atoms with Crippen LogP contribution in [0.1, 0.15) is 5.56 Å². The second kappa shape index (κ2) is 5.66. The van der Waals surface area contributed by atoms with E-state index in [9.17, 15) is 9.59 Å². The molecule has 0 bridgehead atoms. The molecule has 0 aliphatic carbocycles. The first-order valence-electron chi connectivity index (χ1n) is 7.03. The van der Waals surface area contributed by atoms with E-state index in [1.165, 1.54) is 23.4 Å². The Kier molecular flexibility index (Phi) is 3.81. The Hall–Kier alpha value is -2.41. The minimum absolute atomic E-state index is 0.355. The fourth-order valence-electron chi connectivity index (χ4n) is 2.41. The first-order valence-corrected chi connectivity index (χ1v) is 8.25. The zero-order valence-electron chi connectivity index (χ0n) is 13.3. The SMILES string of the molecule is CSc1nc(-c2ccc(C)cc2)nc2c1c(=O)n(C)c(=O)n2C. The van der Waals surface area contributed by atoms with E-state index in [2.05, 4.69) is 9.97 Å². The van der Waals surface area contributed by atoms with Crippen LogP contribution in [0.15, 0.2) is 38.9 Å². The Morgan fingerprint density at radius 1 is 1.00 bits per heavy atom. The van der Waals surface area contributed by atoms with Crippen LogP contribution in [0.3, 0.4) is 0 Å². The standard InChI is InChI=1S/C16H16N4O2S/c1-9-5-7-10(8-6-9)12-17-13-11(14(18-12)23-4)15(21)20(3)16(22)19(13)2/h5-8H,1-4H3. The molecule has 0 saturated heterocycles. The molecule has 0 radical (unpaired) electrons. The molecule has 3 rings (SSSR count). The van der Waals surface area contributed by atoms with Gasteiger partial charge in [-0.1, -0.05) is 29.8 Å². The summed E-state index contributed by atoms with van der Waals surface area (Å²) in [5.41, 5.74) is 1.57. The third-order valence-corrected chi connectivity index (χ3v) is 4.45. The second-order valence-electron chi connectivity index (χ2n) is 5.33. The number of thioether (sulfide) groups is 1. The molecule has 6 nitrogen and oxygen atoms in total. The first kappa shape index (κ1) is 15.5. The molecular weight excluding hydrogens is 312 g/mol. The molecule has 0 amide bonds. The van der Waals surface area contributed by atoms with Gasteiger partial charge in [-0.05, 0) is 13.2 Å². The van der Waals surface area contributed by atoms with E-state index in [0.717, 1.165) is 15.7 Å². The average molecular weight is 328 g/mol. The maximum Gasteiger partial charge on any atom is 0.332 e. The summed E-state index contributed by atoms with van der Waals surface area (Å²) < 4.78 is 2.47. The van der Waals surface area contributed by atoms with Crippen molar-refractivity contribution in [2.24, 2.45) is 14.1 Å². The van der Waals surface area contributed by atoms with Crippen LogP contribution < -0.4 is 11.2 Å². The van der Waals surface area contributed by atoms with Gasteiger partial charge < -0.3 is 0 Å². The lowest BCUT2D eigenvalue weighted by Crippen LogP contribution is -2.37. The van der Waals surface area contributed by atoms with Crippen molar-refractivity contribution >= 4 is 22.8 Å². The monoisotopic (exact) mass is 328 g/mol. The molecule has 0 aliphatic heterocycles. The maximum atomic E-state index is 12.4. The highest BCUT2D eigenvalue weighted by Crippen LogP contribution is 2.24. The summed E-state index contributed by atoms with van der Waals surface area (Å²) >= 11 is 1.37. The van der Waals surface area contributed by atoms with Crippen LogP contribution in [-0.4, -0.2) is 25.4 Å². The summed E-state index contributed by atoms with van der Waals surface area (Å²) in [4.78, 5) is 33.6. The van der Waals surface area contributed by atoms with Crippen LogP contribution in [0.25, 0.3) is 22.4 Å². The summed E-state index contributed by atoms with van der Waals surface area (Å²) in [5.74, 6) is 0.505. The molecule has 0 saturated carbocycles. The summed E-state index contributed by atoms with van der Waals surface area (Å²) in [7, 11) is 3.07. The maximum absolute atomic E-state index is 12.4. The Morgan fingerprint density at radius 3 is 2.26 bits per heavy atom. The highest BCUT2D eigenvalue weighted by Gasteiger charge is 2.17. The number of fused-ring (bicyclic) bond motifs is 1. The van der Waals surface area contributed by atoms with Crippen LogP contribution in [0, 0.1) is 6.92 Å². The number of aryl methyl sites for hydroxylation is 2. The van der Waals surface area contributed by atoms with Gasteiger partial charge in [0.25, 0.3) is 5.56 Å². The van der Waals surface area contributed by atoms with Crippen molar-refractivity contribution in [2.75, 3.05) is 6.26 Å². The molecule has 0 aliphatic rings. The van der Waals surface area contributed by atoms with Crippen molar-refractivity contribution in [3.8, 4) is 11.4 Å². The Morgan fingerprint density at radius 2 is 1.65 bits per heavy atom. The van der Waals surface area contributed by atoms with Gasteiger partial charge in [-0.3, -0.25) is 13.9 Å². The van der Waals surface area contributed by atoms with Crippen LogP contribution in [0.4, 0.5) is 0 Å². The fourth-order valence-corrected chi connectivity index (χ4v) is 2.97. The second-order valence-corrected chi connectivity index (χ2v) is 6.12. The molecule has 3 aromatic rings. The van der Waals surface area contributed by atoms with E-state index in [4.69, 9.17) is 0 Å². The van der Waals surface area contributed by atoms with Crippen molar-refractivity contribution in [3.63, 3.8) is 0 Å². The lowest BCUT2D eigenvalue weighted by Gasteiger charge is -2.11. The van der Waals surface area contributed by atoms with E-state index in [1.807, 2.05) is 37.4 Å². The lowest BCUT2D eigenvalue weighted by molar-refractivity contribution is 0.703. The minimum atomic E-state index is -0.400. The third kappa shape index (κ3) is 2.46. The van der Waals surface area contributed by atoms with Gasteiger partial charge in [0.15, 0.2) is 11.5 Å². The molecule has 0 fully saturated rings. The molecule has 118 valence electrons. The molecule has 0 spiro atoms. The highest BCUT2D eigenvalue weighted by molar-refractivity contribution is 7.98. The first-order chi connectivity index (χ1) is 10.9. The molecule has 7 heteroatoms. The van der Waals surface area contributed by atoms with Crippen molar-refractivity contribution in [1.29, 1.82) is 0 Å². The number of hydrogen-bond acceptors (Lipinski definition) is 5. The van der Waals surface area contributed by atoms with Crippen molar-refractivity contribution < 1.29 is 0 Å². The molecule has 0 unspecified atom stereocenters. The van der Waals surface area contributed by atoms with Gasteiger partial charge >= 0.3 is 5.69 Å². The summed E-state index contributed by atoms with van der Waals surface area (Å²) in [5, 5.41) is 0.944. The van der Waals surface area contributed by atoms with Crippen molar-refractivity contribution in [1.82, 2.24) is 19.1 Å². The van der Waals surface area contributed by atoms with Gasteiger partial charge in [-0.25, -0.2) is 14.8 Å². The molecular formula is C16H16N4O2S. The molecule has 2 aromatic heterocycles. The third-order valence-electron chi connectivity index (χ3n) is 3.77. The molecule has 1 aromatic carbocycles. The zero-order valence-corrected chi connectivity index (χ0v) is 14.1. The number of aromatic nitrogens is 4. The van der Waals surface area contributed by atoms with Crippen LogP contribution in [0.2, 0.25) is 0 Å². The lowest BCUT2D eigenvalue weighted by atomic mass is 10.1. The number of nitrogens with zero attached hydrogens (tertiary/aromatic N) is 4. The van der Waals surface area contributed by atoms with Gasteiger partial charge in [-0.2, -0.15) is 0 Å². The van der Waals surface area contributed by atoms with Crippen LogP contribution >= 0.6 is 11.8 Å². The topological polar surface area (TPSA) is 69.8 Å². The Balaban J connectivity index is 2.43. The van der Waals surface area contributed by atoms with Gasteiger partial charge in [0.05, 0.1) is 0 Å². The summed E-state index contributed by atoms with van der Waals surface area (Å²) in [6.07, 6.45) is 1.85. The smallest absolute Gasteiger partial charge is 0.280 e. The zero-order chi connectivity index (χ0) is 16.7. The Bertz CT molecular complexity index is 1020. The Labute approximate surface area is 136 Å². The summed E-state index contributed by atoms with van der Waals surface area (Å²) in [6.45, 7) is 2.01. The molecule has 0 atom stereocenters. The van der Waals surface area contributed by atoms with Crippen molar-refractivity contribution in [3.05, 3.63) is 50.7 Å². The molecule has 0 N–H and O–H groups in total. The quantitative estimate of drug-likeness (QED) is 0.529. The normalized spacial score (nSPS) is 11.1. The predicted molar refractivity (Wildman–Crippen MR) is 92.0 cm³/mol. The predicted octanol–water partition coefficient (Wildman–Crippen LogP) is 1.72. The number of rotatable bonds is 2. The van der Waals surface area contributed by atoms with Crippen LogP contribution in [-0.2, 0) is 14.1 Å². The van der Waals surface area contributed by atoms with Crippen molar-refractivity contribution in [2.45, 2.75) is 11.9 Å². The molecule has 2 heterocycles. The fraction of sp³-hybridized carbons (Fsp3) is 0.250. The highest BCUT2D eigenvalue weighted by atomic mass is 32.2. The van der Waals surface area contributed by atoms with E-state index in [-0.39, 0.29) is 5.56 Å². The number of hydrogen-bond donors (Lipinski definition) is 0. The average Bonchev–Trinajstić information content (AvgIpc) is 2.57. The van der Waals surface area contributed by atoms with E-state index < -0.39 is 5.69 Å². The minimum Gasteiger partial charge on any atom is -0.280 e. The van der Waals surface area contributed by atoms with Gasteiger partial charge in [-0.15, -0.1) is 11.8 Å². The van der Waals surface area contributed by atoms with E-state index >= 15 is 0 Å². The van der Waals surface area contributed by atoms with Gasteiger partial charge in [0.2, 0.25) is 0 Å². The number of benzene rings is 1. The van der Waals surface area contributed by atoms with E-state index in [1.54, 1.807) is 7.05 Å². The van der Waals surface area contributed by atoms with Crippen LogP contribution in [0.5, 0.6) is 0 Å². The van der Waals surface area contributed by atoms with Gasteiger partial charge in [0, 0.05) is 19.7 Å². The van der Waals surface area contributed by atoms with Gasteiger partial charge in [0.1, 0.15) is 10.4 Å². The molecule has 23 heavy (non-hydrogen) atoms. The largest absolute Gasteiger partial charge is 0.332 e.